The Bertz CT molecular complexity index is 1410. The third-order valence-electron chi connectivity index (χ3n) is 16.6. The summed E-state index contributed by atoms with van der Waals surface area (Å²) in [5.74, 6) is -0.865. The maximum atomic E-state index is 12.9. The summed E-state index contributed by atoms with van der Waals surface area (Å²) in [5, 5.41) is 0. The zero-order valence-corrected chi connectivity index (χ0v) is 55.3. The van der Waals surface area contributed by atoms with Crippen molar-refractivity contribution < 1.29 is 28.6 Å². The molecule has 0 aliphatic carbocycles. The van der Waals surface area contributed by atoms with E-state index in [-0.39, 0.29) is 31.1 Å². The molecule has 0 bridgehead atoms. The van der Waals surface area contributed by atoms with Crippen molar-refractivity contribution in [3.05, 3.63) is 48.6 Å². The van der Waals surface area contributed by atoms with Gasteiger partial charge in [-0.25, -0.2) is 0 Å². The number of rotatable bonds is 68. The van der Waals surface area contributed by atoms with Gasteiger partial charge in [-0.05, 0) is 83.5 Å². The van der Waals surface area contributed by atoms with Crippen molar-refractivity contribution in [2.45, 2.75) is 406 Å². The highest BCUT2D eigenvalue weighted by Gasteiger charge is 2.19. The van der Waals surface area contributed by atoms with Crippen molar-refractivity contribution in [3.8, 4) is 0 Å². The van der Waals surface area contributed by atoms with E-state index >= 15 is 0 Å². The average Bonchev–Trinajstić information content (AvgIpc) is 3.47. The second-order valence-corrected chi connectivity index (χ2v) is 24.9. The van der Waals surface area contributed by atoms with Crippen LogP contribution in [0.15, 0.2) is 48.6 Å². The number of carbonyl (C=O) groups is 3. The van der Waals surface area contributed by atoms with Gasteiger partial charge in [-0.2, -0.15) is 0 Å². The first-order chi connectivity index (χ1) is 40.5. The van der Waals surface area contributed by atoms with E-state index in [1.54, 1.807) is 0 Å². The molecule has 480 valence electrons. The minimum absolute atomic E-state index is 0.0751. The third kappa shape index (κ3) is 68.2. The minimum Gasteiger partial charge on any atom is -0.462 e. The van der Waals surface area contributed by atoms with Crippen molar-refractivity contribution in [1.29, 1.82) is 0 Å². The van der Waals surface area contributed by atoms with Gasteiger partial charge in [0.15, 0.2) is 6.10 Å². The largest absolute Gasteiger partial charge is 0.462 e. The number of esters is 3. The van der Waals surface area contributed by atoms with E-state index in [2.05, 4.69) is 69.4 Å². The smallest absolute Gasteiger partial charge is 0.306 e. The Hall–Kier alpha value is -2.63. The summed E-state index contributed by atoms with van der Waals surface area (Å²) < 4.78 is 17.0. The van der Waals surface area contributed by atoms with Crippen LogP contribution in [0.1, 0.15) is 400 Å². The number of hydrogen-bond acceptors (Lipinski definition) is 6. The summed E-state index contributed by atoms with van der Waals surface area (Å²) in [6.07, 6.45) is 90.1. The highest BCUT2D eigenvalue weighted by molar-refractivity contribution is 5.71. The van der Waals surface area contributed by atoms with Gasteiger partial charge < -0.3 is 14.2 Å². The van der Waals surface area contributed by atoms with Crippen molar-refractivity contribution in [3.63, 3.8) is 0 Å². The molecular formula is C76H140O6. The van der Waals surface area contributed by atoms with E-state index in [4.69, 9.17) is 14.2 Å². The fourth-order valence-electron chi connectivity index (χ4n) is 11.0. The highest BCUT2D eigenvalue weighted by Crippen LogP contribution is 2.19. The van der Waals surface area contributed by atoms with Crippen LogP contribution < -0.4 is 0 Å². The SMILES string of the molecule is CCCCC/C=C\C/C=C\CCCCCCCCCC(=O)OCC(COC(=O)CCCCCCCCCCCCCCCCCCCCCCCCCCCCCCCC)OC(=O)CCCCCCCCC/C=C\C/C=C\CCCCC. The van der Waals surface area contributed by atoms with Crippen LogP contribution in [0.2, 0.25) is 0 Å². The first kappa shape index (κ1) is 79.4. The Morgan fingerprint density at radius 1 is 0.244 bits per heavy atom. The number of allylic oxidation sites excluding steroid dienone is 8. The van der Waals surface area contributed by atoms with Crippen LogP contribution in [-0.2, 0) is 28.6 Å². The van der Waals surface area contributed by atoms with E-state index in [0.717, 1.165) is 83.5 Å². The Balaban J connectivity index is 4.21. The zero-order valence-electron chi connectivity index (χ0n) is 55.3. The highest BCUT2D eigenvalue weighted by atomic mass is 16.6. The number of unbranched alkanes of at least 4 members (excludes halogenated alkanes) is 49. The zero-order chi connectivity index (χ0) is 59.2. The molecule has 0 aliphatic rings. The standard InChI is InChI=1S/C76H140O6/c1-4-7-10-13-16-19-22-25-28-31-32-33-34-35-36-37-38-39-40-41-42-43-46-48-51-54-57-60-63-66-69-75(78)81-72-73(82-76(79)70-67-64-61-58-55-52-49-45-30-27-24-21-18-15-12-9-6-3)71-80-74(77)68-65-62-59-56-53-50-47-44-29-26-23-20-17-14-11-8-5-2/h17-18,20-21,26-27,29-30,73H,4-16,19,22-25,28,31-72H2,1-3H3/b20-17-,21-18-,29-26-,30-27-. The topological polar surface area (TPSA) is 78.9 Å². The van der Waals surface area contributed by atoms with Crippen LogP contribution in [0.4, 0.5) is 0 Å². The first-order valence-corrected chi connectivity index (χ1v) is 36.6. The molecular weight excluding hydrogens is 1010 g/mol. The first-order valence-electron chi connectivity index (χ1n) is 36.6. The fourth-order valence-corrected chi connectivity index (χ4v) is 11.0. The molecule has 0 radical (unpaired) electrons. The van der Waals surface area contributed by atoms with Crippen molar-refractivity contribution in [2.24, 2.45) is 0 Å². The molecule has 0 saturated heterocycles. The van der Waals surface area contributed by atoms with Gasteiger partial charge in [0.25, 0.3) is 0 Å². The lowest BCUT2D eigenvalue weighted by Crippen LogP contribution is -2.30. The second-order valence-electron chi connectivity index (χ2n) is 24.9. The number of ether oxygens (including phenoxy) is 3. The molecule has 0 aromatic rings. The molecule has 0 rings (SSSR count). The van der Waals surface area contributed by atoms with E-state index in [0.29, 0.717) is 19.3 Å². The maximum absolute atomic E-state index is 12.9. The normalized spacial score (nSPS) is 12.3. The van der Waals surface area contributed by atoms with Gasteiger partial charge in [0.2, 0.25) is 0 Å². The van der Waals surface area contributed by atoms with Crippen molar-refractivity contribution in [2.75, 3.05) is 13.2 Å². The summed E-state index contributed by atoms with van der Waals surface area (Å²) in [4.78, 5) is 38.5. The molecule has 0 aromatic carbocycles. The van der Waals surface area contributed by atoms with Crippen LogP contribution in [-0.4, -0.2) is 37.2 Å². The Morgan fingerprint density at radius 3 is 0.695 bits per heavy atom. The molecule has 0 fully saturated rings. The molecule has 6 heteroatoms. The summed E-state index contributed by atoms with van der Waals surface area (Å²) in [6, 6.07) is 0. The molecule has 6 nitrogen and oxygen atoms in total. The molecule has 0 heterocycles. The van der Waals surface area contributed by atoms with Gasteiger partial charge >= 0.3 is 17.9 Å². The Kier molecular flexibility index (Phi) is 68.6. The van der Waals surface area contributed by atoms with Crippen molar-refractivity contribution in [1.82, 2.24) is 0 Å². The monoisotopic (exact) mass is 1150 g/mol. The molecule has 0 aromatic heterocycles. The van der Waals surface area contributed by atoms with Crippen LogP contribution in [0.3, 0.4) is 0 Å². The second kappa shape index (κ2) is 70.9. The summed E-state index contributed by atoms with van der Waals surface area (Å²) in [7, 11) is 0. The maximum Gasteiger partial charge on any atom is 0.306 e. The van der Waals surface area contributed by atoms with Crippen LogP contribution in [0.25, 0.3) is 0 Å². The predicted octanol–water partition coefficient (Wildman–Crippen LogP) is 25.3. The van der Waals surface area contributed by atoms with Gasteiger partial charge in [-0.3, -0.25) is 14.4 Å². The van der Waals surface area contributed by atoms with Crippen LogP contribution in [0.5, 0.6) is 0 Å². The van der Waals surface area contributed by atoms with E-state index in [9.17, 15) is 14.4 Å². The van der Waals surface area contributed by atoms with Crippen LogP contribution in [0, 0.1) is 0 Å². The molecule has 82 heavy (non-hydrogen) atoms. The quantitative estimate of drug-likeness (QED) is 0.0261. The number of hydrogen-bond donors (Lipinski definition) is 0. The van der Waals surface area contributed by atoms with E-state index in [1.807, 2.05) is 0 Å². The lowest BCUT2D eigenvalue weighted by molar-refractivity contribution is -0.167. The summed E-state index contributed by atoms with van der Waals surface area (Å²) in [5.41, 5.74) is 0. The van der Waals surface area contributed by atoms with Gasteiger partial charge in [-0.15, -0.1) is 0 Å². The molecule has 0 N–H and O–H groups in total. The molecule has 1 unspecified atom stereocenters. The van der Waals surface area contributed by atoms with Gasteiger partial charge in [0.05, 0.1) is 0 Å². The molecule has 0 spiro atoms. The lowest BCUT2D eigenvalue weighted by atomic mass is 10.0. The molecule has 0 amide bonds. The van der Waals surface area contributed by atoms with Gasteiger partial charge in [0.1, 0.15) is 13.2 Å². The lowest BCUT2D eigenvalue weighted by Gasteiger charge is -2.18. The van der Waals surface area contributed by atoms with E-state index < -0.39 is 6.10 Å². The van der Waals surface area contributed by atoms with Crippen LogP contribution >= 0.6 is 0 Å². The van der Waals surface area contributed by atoms with Gasteiger partial charge in [-0.1, -0.05) is 345 Å². The Morgan fingerprint density at radius 2 is 0.439 bits per heavy atom. The average molecular weight is 1150 g/mol. The third-order valence-corrected chi connectivity index (χ3v) is 16.6. The summed E-state index contributed by atoms with van der Waals surface area (Å²) >= 11 is 0. The Labute approximate surface area is 511 Å². The fraction of sp³-hybridized carbons (Fsp3) is 0.855. The number of carbonyl (C=O) groups excluding carboxylic acids is 3. The molecule has 1 atom stereocenters. The summed E-state index contributed by atoms with van der Waals surface area (Å²) in [6.45, 7) is 6.65. The molecule has 0 aliphatic heterocycles. The minimum atomic E-state index is -0.781. The van der Waals surface area contributed by atoms with E-state index in [1.165, 1.54) is 276 Å². The predicted molar refractivity (Wildman–Crippen MR) is 358 cm³/mol. The van der Waals surface area contributed by atoms with Gasteiger partial charge in [0, 0.05) is 19.3 Å². The molecule has 0 saturated carbocycles. The van der Waals surface area contributed by atoms with Crippen molar-refractivity contribution >= 4 is 17.9 Å².